The standard InChI is InChI=1S/C19H25NO4.C19H30O5/c1-11(2)9-14-15(19(14,3)4)18(23)24-10-20-16(21)12-7-5-6-8-13(12)17(20)22;1-3-5-7-20-8-9-21-10-11-22-14-17-13-19-18(23-15-24-19)12-16(17)6-4-2/h9,14-15H,5-8,10H2,1-4H3;12-13H,3-11,14-15H2,1-2H3. The molecule has 2 heterocycles. The third kappa shape index (κ3) is 9.70. The quantitative estimate of drug-likeness (QED) is 0.0776. The Kier molecular flexibility index (Phi) is 14.1. The van der Waals surface area contributed by atoms with Crippen LogP contribution in [0.2, 0.25) is 0 Å². The van der Waals surface area contributed by atoms with E-state index in [2.05, 4.69) is 26.0 Å². The summed E-state index contributed by atoms with van der Waals surface area (Å²) < 4.78 is 32.9. The van der Waals surface area contributed by atoms with Gasteiger partial charge in [-0.05, 0) is 87.0 Å². The summed E-state index contributed by atoms with van der Waals surface area (Å²) in [6.07, 6.45) is 9.66. The summed E-state index contributed by atoms with van der Waals surface area (Å²) in [5, 5.41) is 0. The third-order valence-corrected chi connectivity index (χ3v) is 9.35. The van der Waals surface area contributed by atoms with Crippen molar-refractivity contribution in [2.24, 2.45) is 17.3 Å². The van der Waals surface area contributed by atoms with Gasteiger partial charge in [0, 0.05) is 17.8 Å². The molecule has 10 heteroatoms. The van der Waals surface area contributed by atoms with Crippen LogP contribution in [-0.2, 0) is 46.4 Å². The van der Waals surface area contributed by atoms with Crippen LogP contribution in [-0.4, -0.2) is 69.2 Å². The Labute approximate surface area is 286 Å². The number of benzene rings is 1. The van der Waals surface area contributed by atoms with E-state index in [4.69, 9.17) is 28.4 Å². The zero-order chi connectivity index (χ0) is 34.7. The highest BCUT2D eigenvalue weighted by atomic mass is 16.7. The zero-order valence-corrected chi connectivity index (χ0v) is 29.8. The fourth-order valence-corrected chi connectivity index (χ4v) is 6.46. The van der Waals surface area contributed by atoms with E-state index >= 15 is 0 Å². The molecule has 1 saturated carbocycles. The number of imide groups is 1. The van der Waals surface area contributed by atoms with Gasteiger partial charge in [-0.25, -0.2) is 4.90 Å². The van der Waals surface area contributed by atoms with Gasteiger partial charge in [-0.15, -0.1) is 0 Å². The maximum absolute atomic E-state index is 12.4. The molecule has 2 unspecified atom stereocenters. The Bertz CT molecular complexity index is 1320. The second-order valence-electron chi connectivity index (χ2n) is 13.7. The molecule has 2 atom stereocenters. The number of carbonyl (C=O) groups excluding carboxylic acids is 3. The van der Waals surface area contributed by atoms with E-state index in [0.717, 1.165) is 61.5 Å². The molecular formula is C38H55NO9. The van der Waals surface area contributed by atoms with E-state index in [-0.39, 0.29) is 41.8 Å². The van der Waals surface area contributed by atoms with Crippen LogP contribution in [0.15, 0.2) is 34.9 Å². The number of rotatable bonds is 17. The lowest BCUT2D eigenvalue weighted by atomic mass is 9.93. The van der Waals surface area contributed by atoms with Crippen LogP contribution in [0.3, 0.4) is 0 Å². The first kappa shape index (κ1) is 37.6. The number of aryl methyl sites for hydroxylation is 1. The number of hydrogen-bond acceptors (Lipinski definition) is 9. The molecule has 266 valence electrons. The van der Waals surface area contributed by atoms with Gasteiger partial charge in [-0.2, -0.15) is 0 Å². The molecule has 1 fully saturated rings. The van der Waals surface area contributed by atoms with Crippen molar-refractivity contribution in [3.63, 3.8) is 0 Å². The Morgan fingerprint density at radius 2 is 1.46 bits per heavy atom. The van der Waals surface area contributed by atoms with Crippen molar-refractivity contribution in [1.82, 2.24) is 4.90 Å². The van der Waals surface area contributed by atoms with E-state index in [1.54, 1.807) is 0 Å². The molecule has 0 saturated heterocycles. The van der Waals surface area contributed by atoms with Crippen LogP contribution in [0, 0.1) is 17.3 Å². The van der Waals surface area contributed by atoms with Crippen molar-refractivity contribution in [3.8, 4) is 11.5 Å². The van der Waals surface area contributed by atoms with Crippen molar-refractivity contribution in [2.45, 2.75) is 99.5 Å². The van der Waals surface area contributed by atoms with Gasteiger partial charge in [0.25, 0.3) is 11.8 Å². The number of amides is 2. The van der Waals surface area contributed by atoms with Gasteiger partial charge in [-0.3, -0.25) is 14.4 Å². The molecular weight excluding hydrogens is 614 g/mol. The summed E-state index contributed by atoms with van der Waals surface area (Å²) >= 11 is 0. The molecule has 0 radical (unpaired) electrons. The normalized spacial score (nSPS) is 20.3. The van der Waals surface area contributed by atoms with Gasteiger partial charge >= 0.3 is 5.97 Å². The summed E-state index contributed by atoms with van der Waals surface area (Å²) in [5.74, 6) is 0.724. The number of nitrogens with zero attached hydrogens (tertiary/aromatic N) is 1. The SMILES string of the molecule is CC(C)=CC1C(C(=O)OCN2C(=O)C3=C(CCCC3)C2=O)C1(C)C.CCCCOCCOCCOCc1cc2c(cc1CCC)OCO2. The molecule has 1 aromatic carbocycles. The van der Waals surface area contributed by atoms with Crippen LogP contribution >= 0.6 is 0 Å². The van der Waals surface area contributed by atoms with Crippen molar-refractivity contribution < 1.29 is 42.8 Å². The zero-order valence-electron chi connectivity index (χ0n) is 29.8. The lowest BCUT2D eigenvalue weighted by Gasteiger charge is -2.15. The van der Waals surface area contributed by atoms with Crippen LogP contribution in [0.1, 0.15) is 97.6 Å². The highest BCUT2D eigenvalue weighted by Gasteiger charge is 2.61. The van der Waals surface area contributed by atoms with E-state index in [9.17, 15) is 14.4 Å². The first-order chi connectivity index (χ1) is 23.1. The monoisotopic (exact) mass is 669 g/mol. The van der Waals surface area contributed by atoms with Crippen LogP contribution in [0.25, 0.3) is 0 Å². The first-order valence-electron chi connectivity index (χ1n) is 17.6. The van der Waals surface area contributed by atoms with E-state index in [1.165, 1.54) is 16.7 Å². The number of esters is 1. The minimum Gasteiger partial charge on any atom is -0.454 e. The predicted octanol–water partition coefficient (Wildman–Crippen LogP) is 6.68. The van der Waals surface area contributed by atoms with E-state index in [0.29, 0.717) is 63.8 Å². The summed E-state index contributed by atoms with van der Waals surface area (Å²) in [7, 11) is 0. The summed E-state index contributed by atoms with van der Waals surface area (Å²) in [6, 6.07) is 4.12. The maximum Gasteiger partial charge on any atom is 0.311 e. The predicted molar refractivity (Wildman–Crippen MR) is 181 cm³/mol. The van der Waals surface area contributed by atoms with Crippen LogP contribution < -0.4 is 9.47 Å². The number of fused-ring (bicyclic) bond motifs is 1. The van der Waals surface area contributed by atoms with Crippen molar-refractivity contribution >= 4 is 17.8 Å². The lowest BCUT2D eigenvalue weighted by molar-refractivity contribution is -0.156. The van der Waals surface area contributed by atoms with E-state index in [1.807, 2.05) is 33.8 Å². The topological polar surface area (TPSA) is 110 Å². The molecule has 2 aliphatic carbocycles. The van der Waals surface area contributed by atoms with Gasteiger partial charge in [-0.1, -0.05) is 52.2 Å². The summed E-state index contributed by atoms with van der Waals surface area (Å²) in [4.78, 5) is 38.1. The molecule has 0 aromatic heterocycles. The van der Waals surface area contributed by atoms with Gasteiger partial charge < -0.3 is 28.4 Å². The van der Waals surface area contributed by atoms with Gasteiger partial charge in [0.15, 0.2) is 18.2 Å². The number of hydrogen-bond donors (Lipinski definition) is 0. The minimum atomic E-state index is -0.326. The Hall–Kier alpha value is -3.21. The second kappa shape index (κ2) is 18.0. The Morgan fingerprint density at radius 3 is 2.04 bits per heavy atom. The van der Waals surface area contributed by atoms with Crippen LogP contribution in [0.5, 0.6) is 11.5 Å². The molecule has 48 heavy (non-hydrogen) atoms. The molecule has 2 aliphatic heterocycles. The molecule has 0 spiro atoms. The lowest BCUT2D eigenvalue weighted by Crippen LogP contribution is -2.35. The maximum atomic E-state index is 12.4. The van der Waals surface area contributed by atoms with Crippen molar-refractivity contribution in [3.05, 3.63) is 46.1 Å². The Balaban J connectivity index is 0.000000217. The van der Waals surface area contributed by atoms with Crippen molar-refractivity contribution in [1.29, 1.82) is 0 Å². The molecule has 0 bridgehead atoms. The summed E-state index contributed by atoms with van der Waals surface area (Å²) in [6.45, 7) is 16.3. The molecule has 0 N–H and O–H groups in total. The average molecular weight is 670 g/mol. The number of ether oxygens (including phenoxy) is 6. The van der Waals surface area contributed by atoms with Crippen LogP contribution in [0.4, 0.5) is 0 Å². The number of carbonyl (C=O) groups is 3. The average Bonchev–Trinajstić information content (AvgIpc) is 3.31. The fraction of sp³-hybridized carbons (Fsp3) is 0.658. The fourth-order valence-electron chi connectivity index (χ4n) is 6.46. The smallest absolute Gasteiger partial charge is 0.311 e. The molecule has 4 aliphatic rings. The van der Waals surface area contributed by atoms with Gasteiger partial charge in [0.1, 0.15) is 0 Å². The Morgan fingerprint density at radius 1 is 0.875 bits per heavy atom. The number of allylic oxidation sites excluding steroid dienone is 2. The highest BCUT2D eigenvalue weighted by Crippen LogP contribution is 2.59. The molecule has 10 nitrogen and oxygen atoms in total. The third-order valence-electron chi connectivity index (χ3n) is 9.35. The highest BCUT2D eigenvalue weighted by molar-refractivity contribution is 6.19. The molecule has 1 aromatic rings. The number of unbranched alkanes of at least 4 members (excludes halogenated alkanes) is 1. The second-order valence-corrected chi connectivity index (χ2v) is 13.7. The molecule has 5 rings (SSSR count). The van der Waals surface area contributed by atoms with Crippen molar-refractivity contribution in [2.75, 3.05) is 46.6 Å². The summed E-state index contributed by atoms with van der Waals surface area (Å²) in [5.41, 5.74) is 4.72. The largest absolute Gasteiger partial charge is 0.454 e. The van der Waals surface area contributed by atoms with Gasteiger partial charge in [0.05, 0.1) is 39.0 Å². The van der Waals surface area contributed by atoms with Gasteiger partial charge in [0.2, 0.25) is 6.79 Å². The minimum absolute atomic E-state index is 0.134. The van der Waals surface area contributed by atoms with E-state index < -0.39 is 0 Å². The molecule has 2 amide bonds. The first-order valence-corrected chi connectivity index (χ1v) is 17.6.